The number of alkyl carbamates (subject to hydrolysis) is 1. The largest absolute Gasteiger partial charge is 0.453 e. The van der Waals surface area contributed by atoms with Crippen molar-refractivity contribution < 1.29 is 13.9 Å². The second-order valence-electron chi connectivity index (χ2n) is 4.84. The number of nitrogens with zero attached hydrogens (tertiary/aromatic N) is 1. The molecule has 1 saturated heterocycles. The van der Waals surface area contributed by atoms with Crippen LogP contribution in [0.15, 0.2) is 24.3 Å². The third kappa shape index (κ3) is 4.21. The molecule has 19 heavy (non-hydrogen) atoms. The first kappa shape index (κ1) is 13.8. The van der Waals surface area contributed by atoms with Crippen LogP contribution >= 0.6 is 0 Å². The molecular formula is C14H19FN2O2. The highest BCUT2D eigenvalue weighted by Gasteiger charge is 2.21. The van der Waals surface area contributed by atoms with Crippen molar-refractivity contribution in [1.82, 2.24) is 10.2 Å². The van der Waals surface area contributed by atoms with Gasteiger partial charge in [0.15, 0.2) is 0 Å². The predicted molar refractivity (Wildman–Crippen MR) is 70.2 cm³/mol. The van der Waals surface area contributed by atoms with Gasteiger partial charge in [0, 0.05) is 19.1 Å². The zero-order valence-electron chi connectivity index (χ0n) is 11.1. The number of piperidine rings is 1. The zero-order chi connectivity index (χ0) is 13.7. The molecule has 2 rings (SSSR count). The minimum Gasteiger partial charge on any atom is -0.453 e. The van der Waals surface area contributed by atoms with Gasteiger partial charge in [-0.1, -0.05) is 12.1 Å². The predicted octanol–water partition coefficient (Wildman–Crippen LogP) is 2.15. The van der Waals surface area contributed by atoms with Crippen LogP contribution in [-0.2, 0) is 11.3 Å². The molecule has 1 aromatic rings. The van der Waals surface area contributed by atoms with Crippen LogP contribution in [0.2, 0.25) is 0 Å². The fraction of sp³-hybridized carbons (Fsp3) is 0.500. The summed E-state index contributed by atoms with van der Waals surface area (Å²) in [5.41, 5.74) is 1.08. The summed E-state index contributed by atoms with van der Waals surface area (Å²) in [4.78, 5) is 13.5. The summed E-state index contributed by atoms with van der Waals surface area (Å²) < 4.78 is 17.4. The smallest absolute Gasteiger partial charge is 0.407 e. The summed E-state index contributed by atoms with van der Waals surface area (Å²) in [6.07, 6.45) is 1.62. The SMILES string of the molecule is COC(=O)NC1CCCN(Cc2ccc(F)cc2)C1. The highest BCUT2D eigenvalue weighted by Crippen LogP contribution is 2.14. The number of hydrogen-bond acceptors (Lipinski definition) is 3. The average molecular weight is 266 g/mol. The van der Waals surface area contributed by atoms with E-state index in [9.17, 15) is 9.18 Å². The number of amides is 1. The second kappa shape index (κ2) is 6.52. The van der Waals surface area contributed by atoms with Crippen molar-refractivity contribution in [2.24, 2.45) is 0 Å². The Balaban J connectivity index is 1.87. The topological polar surface area (TPSA) is 41.6 Å². The molecule has 1 fully saturated rings. The van der Waals surface area contributed by atoms with Crippen LogP contribution in [0.1, 0.15) is 18.4 Å². The van der Waals surface area contributed by atoms with Gasteiger partial charge in [-0.15, -0.1) is 0 Å². The van der Waals surface area contributed by atoms with E-state index in [0.29, 0.717) is 0 Å². The first-order chi connectivity index (χ1) is 9.17. The van der Waals surface area contributed by atoms with Crippen molar-refractivity contribution in [2.75, 3.05) is 20.2 Å². The second-order valence-corrected chi connectivity index (χ2v) is 4.84. The molecule has 5 heteroatoms. The van der Waals surface area contributed by atoms with Gasteiger partial charge in [-0.2, -0.15) is 0 Å². The number of likely N-dealkylation sites (tertiary alicyclic amines) is 1. The van der Waals surface area contributed by atoms with Crippen LogP contribution in [0.5, 0.6) is 0 Å². The molecule has 1 atom stereocenters. The zero-order valence-corrected chi connectivity index (χ0v) is 11.1. The monoisotopic (exact) mass is 266 g/mol. The molecule has 1 aliphatic heterocycles. The van der Waals surface area contributed by atoms with Gasteiger partial charge in [0.2, 0.25) is 0 Å². The fourth-order valence-electron chi connectivity index (χ4n) is 2.39. The van der Waals surface area contributed by atoms with Gasteiger partial charge >= 0.3 is 6.09 Å². The number of carbonyl (C=O) groups is 1. The lowest BCUT2D eigenvalue weighted by atomic mass is 10.0. The molecule has 1 unspecified atom stereocenters. The van der Waals surface area contributed by atoms with Gasteiger partial charge in [0.1, 0.15) is 5.82 Å². The van der Waals surface area contributed by atoms with E-state index in [2.05, 4.69) is 15.0 Å². The maximum Gasteiger partial charge on any atom is 0.407 e. The molecule has 0 bridgehead atoms. The highest BCUT2D eigenvalue weighted by molar-refractivity contribution is 5.67. The van der Waals surface area contributed by atoms with Gasteiger partial charge in [-0.05, 0) is 37.1 Å². The summed E-state index contributed by atoms with van der Waals surface area (Å²) >= 11 is 0. The molecule has 0 radical (unpaired) electrons. The van der Waals surface area contributed by atoms with Crippen LogP contribution in [0.25, 0.3) is 0 Å². The van der Waals surface area contributed by atoms with Gasteiger partial charge in [0.05, 0.1) is 7.11 Å². The number of nitrogens with one attached hydrogen (secondary N) is 1. The lowest BCUT2D eigenvalue weighted by Crippen LogP contribution is -2.47. The van der Waals surface area contributed by atoms with Crippen LogP contribution < -0.4 is 5.32 Å². The Bertz CT molecular complexity index is 422. The number of carbonyl (C=O) groups excluding carboxylic acids is 1. The molecule has 0 aromatic heterocycles. The molecule has 1 heterocycles. The van der Waals surface area contributed by atoms with Crippen molar-refractivity contribution in [2.45, 2.75) is 25.4 Å². The minimum absolute atomic E-state index is 0.127. The first-order valence-corrected chi connectivity index (χ1v) is 6.48. The fourth-order valence-corrected chi connectivity index (χ4v) is 2.39. The van der Waals surface area contributed by atoms with Gasteiger partial charge in [-0.25, -0.2) is 9.18 Å². The van der Waals surface area contributed by atoms with Gasteiger partial charge < -0.3 is 10.1 Å². The van der Waals surface area contributed by atoms with Crippen LogP contribution in [0, 0.1) is 5.82 Å². The molecule has 1 aliphatic rings. The molecule has 104 valence electrons. The van der Waals surface area contributed by atoms with E-state index in [1.165, 1.54) is 19.2 Å². The normalized spacial score (nSPS) is 20.0. The molecule has 4 nitrogen and oxygen atoms in total. The van der Waals surface area contributed by atoms with E-state index in [4.69, 9.17) is 0 Å². The maximum atomic E-state index is 12.8. The molecule has 1 aromatic carbocycles. The Morgan fingerprint density at radius 2 is 2.21 bits per heavy atom. The Labute approximate surface area is 112 Å². The van der Waals surface area contributed by atoms with Crippen molar-refractivity contribution in [3.8, 4) is 0 Å². The number of halogens is 1. The lowest BCUT2D eigenvalue weighted by Gasteiger charge is -2.32. The minimum atomic E-state index is -0.381. The molecular weight excluding hydrogens is 247 g/mol. The number of ether oxygens (including phenoxy) is 1. The summed E-state index contributed by atoms with van der Waals surface area (Å²) in [6.45, 7) is 2.57. The van der Waals surface area contributed by atoms with Crippen molar-refractivity contribution in [3.05, 3.63) is 35.6 Å². The lowest BCUT2D eigenvalue weighted by molar-refractivity contribution is 0.145. The average Bonchev–Trinajstić information content (AvgIpc) is 2.42. The summed E-state index contributed by atoms with van der Waals surface area (Å²) in [5, 5.41) is 2.83. The van der Waals surface area contributed by atoms with Crippen LogP contribution in [-0.4, -0.2) is 37.2 Å². The van der Waals surface area contributed by atoms with Crippen molar-refractivity contribution >= 4 is 6.09 Å². The number of benzene rings is 1. The Kier molecular flexibility index (Phi) is 4.74. The molecule has 0 spiro atoms. The highest BCUT2D eigenvalue weighted by atomic mass is 19.1. The third-order valence-electron chi connectivity index (χ3n) is 3.33. The third-order valence-corrected chi connectivity index (χ3v) is 3.33. The van der Waals surface area contributed by atoms with Gasteiger partial charge in [-0.3, -0.25) is 4.90 Å². The number of hydrogen-bond donors (Lipinski definition) is 1. The number of rotatable bonds is 3. The molecule has 1 N–H and O–H groups in total. The van der Waals surface area contributed by atoms with E-state index < -0.39 is 0 Å². The Hall–Kier alpha value is -1.62. The van der Waals surface area contributed by atoms with Crippen LogP contribution in [0.3, 0.4) is 0 Å². The van der Waals surface area contributed by atoms with E-state index in [1.54, 1.807) is 12.1 Å². The summed E-state index contributed by atoms with van der Waals surface area (Å²) in [7, 11) is 1.37. The quantitative estimate of drug-likeness (QED) is 0.911. The van der Waals surface area contributed by atoms with Crippen molar-refractivity contribution in [3.63, 3.8) is 0 Å². The summed E-state index contributed by atoms with van der Waals surface area (Å²) in [6, 6.07) is 6.67. The Morgan fingerprint density at radius 1 is 1.47 bits per heavy atom. The maximum absolute atomic E-state index is 12.8. The van der Waals surface area contributed by atoms with Gasteiger partial charge in [0.25, 0.3) is 0 Å². The van der Waals surface area contributed by atoms with E-state index in [1.807, 2.05) is 0 Å². The van der Waals surface area contributed by atoms with Crippen molar-refractivity contribution in [1.29, 1.82) is 0 Å². The van der Waals surface area contributed by atoms with E-state index in [0.717, 1.165) is 38.0 Å². The summed E-state index contributed by atoms with van der Waals surface area (Å²) in [5.74, 6) is -0.215. The molecule has 1 amide bonds. The van der Waals surface area contributed by atoms with Crippen LogP contribution in [0.4, 0.5) is 9.18 Å². The first-order valence-electron chi connectivity index (χ1n) is 6.48. The van der Waals surface area contributed by atoms with E-state index in [-0.39, 0.29) is 18.0 Å². The molecule has 0 aliphatic carbocycles. The molecule has 0 saturated carbocycles. The standard InChI is InChI=1S/C14H19FN2O2/c1-19-14(18)16-13-3-2-8-17(10-13)9-11-4-6-12(15)7-5-11/h4-7,13H,2-3,8-10H2,1H3,(H,16,18). The van der Waals surface area contributed by atoms with E-state index >= 15 is 0 Å². The number of methoxy groups -OCH3 is 1. The Morgan fingerprint density at radius 3 is 2.89 bits per heavy atom.